The molecule has 1 atom stereocenters. The normalized spacial score (nSPS) is 15.6. The molecule has 0 unspecified atom stereocenters. The Balaban J connectivity index is 1.50. The van der Waals surface area contributed by atoms with Crippen molar-refractivity contribution in [3.05, 3.63) is 102 Å². The molecule has 1 aliphatic rings. The highest BCUT2D eigenvalue weighted by molar-refractivity contribution is 5.79. The van der Waals surface area contributed by atoms with Gasteiger partial charge in [-0.25, -0.2) is 4.98 Å². The average molecular weight is 450 g/mol. The first-order valence-electron chi connectivity index (χ1n) is 11.8. The molecule has 0 saturated carbocycles. The van der Waals surface area contributed by atoms with Gasteiger partial charge in [-0.15, -0.1) is 0 Å². The van der Waals surface area contributed by atoms with Gasteiger partial charge in [0.15, 0.2) is 5.76 Å². The predicted octanol–water partition coefficient (Wildman–Crippen LogP) is 7.36. The molecule has 5 rings (SSSR count). The highest BCUT2D eigenvalue weighted by Crippen LogP contribution is 2.40. The summed E-state index contributed by atoms with van der Waals surface area (Å²) >= 11 is 0. The largest absolute Gasteiger partial charge is 0.436 e. The Morgan fingerprint density at radius 1 is 0.971 bits per heavy atom. The minimum atomic E-state index is -0.308. The third-order valence-corrected chi connectivity index (χ3v) is 6.16. The van der Waals surface area contributed by atoms with Crippen LogP contribution in [-0.2, 0) is 11.2 Å². The monoisotopic (exact) mass is 449 g/mol. The van der Waals surface area contributed by atoms with E-state index >= 15 is 0 Å². The lowest BCUT2D eigenvalue weighted by Gasteiger charge is -2.22. The Morgan fingerprint density at radius 3 is 2.44 bits per heavy atom. The van der Waals surface area contributed by atoms with E-state index in [0.29, 0.717) is 11.6 Å². The average Bonchev–Trinajstić information content (AvgIpc) is 3.31. The summed E-state index contributed by atoms with van der Waals surface area (Å²) in [7, 11) is 0. The molecule has 34 heavy (non-hydrogen) atoms. The van der Waals surface area contributed by atoms with Crippen LogP contribution in [0.15, 0.2) is 95.4 Å². The van der Waals surface area contributed by atoms with Crippen molar-refractivity contribution in [2.45, 2.75) is 32.6 Å². The smallest absolute Gasteiger partial charge is 0.308 e. The molecule has 1 aromatic heterocycles. The van der Waals surface area contributed by atoms with Crippen LogP contribution in [-0.4, -0.2) is 11.0 Å². The summed E-state index contributed by atoms with van der Waals surface area (Å²) in [5.74, 6) is 2.05. The minimum absolute atomic E-state index is 0.284. The zero-order chi connectivity index (χ0) is 23.3. The molecule has 4 heteroatoms. The fourth-order valence-electron chi connectivity index (χ4n) is 4.62. The molecule has 0 fully saturated rings. The van der Waals surface area contributed by atoms with E-state index in [1.54, 1.807) is 0 Å². The number of rotatable bonds is 6. The predicted molar refractivity (Wildman–Crippen MR) is 134 cm³/mol. The van der Waals surface area contributed by atoms with Crippen LogP contribution >= 0.6 is 0 Å². The number of esters is 1. The Bertz CT molecular complexity index is 1250. The number of benzene rings is 3. The second kappa shape index (κ2) is 9.92. The molecule has 0 saturated heterocycles. The zero-order valence-electron chi connectivity index (χ0n) is 19.2. The van der Waals surface area contributed by atoms with Gasteiger partial charge in [-0.1, -0.05) is 78.9 Å². The molecule has 0 aliphatic heterocycles. The van der Waals surface area contributed by atoms with E-state index in [1.165, 1.54) is 6.92 Å². The molecular formula is C30H27NO3. The van der Waals surface area contributed by atoms with Gasteiger partial charge in [0, 0.05) is 23.6 Å². The van der Waals surface area contributed by atoms with Crippen molar-refractivity contribution in [2.75, 3.05) is 0 Å². The Morgan fingerprint density at radius 2 is 1.71 bits per heavy atom. The Hall–Kier alpha value is -3.92. The first kappa shape index (κ1) is 21.9. The van der Waals surface area contributed by atoms with E-state index in [1.807, 2.05) is 54.6 Å². The first-order valence-corrected chi connectivity index (χ1v) is 11.8. The van der Waals surface area contributed by atoms with Crippen LogP contribution in [0.25, 0.3) is 28.2 Å². The number of nitrogens with zero attached hydrogens (tertiary/aromatic N) is 1. The van der Waals surface area contributed by atoms with E-state index < -0.39 is 0 Å². The van der Waals surface area contributed by atoms with Gasteiger partial charge in [0.05, 0.1) is 0 Å². The second-order valence-electron chi connectivity index (χ2n) is 8.66. The lowest BCUT2D eigenvalue weighted by Crippen LogP contribution is -2.11. The number of allylic oxidation sites excluding steroid dienone is 2. The SMILES string of the molecule is CC(=O)Oc1cccc(C[C@@H]2CCCC=C2c2nc(-c3ccccc3)c(-c3ccccc3)o2)c1. The molecule has 0 radical (unpaired) electrons. The van der Waals surface area contributed by atoms with Crippen molar-refractivity contribution < 1.29 is 13.9 Å². The number of hydrogen-bond acceptors (Lipinski definition) is 4. The highest BCUT2D eigenvalue weighted by Gasteiger charge is 2.26. The van der Waals surface area contributed by atoms with Gasteiger partial charge < -0.3 is 9.15 Å². The fourth-order valence-corrected chi connectivity index (χ4v) is 4.62. The van der Waals surface area contributed by atoms with Crippen molar-refractivity contribution >= 4 is 11.5 Å². The molecule has 0 amide bonds. The zero-order valence-corrected chi connectivity index (χ0v) is 19.2. The topological polar surface area (TPSA) is 52.3 Å². The summed E-state index contributed by atoms with van der Waals surface area (Å²) in [6.45, 7) is 1.42. The van der Waals surface area contributed by atoms with Crippen LogP contribution < -0.4 is 4.74 Å². The van der Waals surface area contributed by atoms with Gasteiger partial charge in [0.25, 0.3) is 0 Å². The Labute approximate surface area is 199 Å². The van der Waals surface area contributed by atoms with Crippen LogP contribution in [0.1, 0.15) is 37.6 Å². The molecule has 1 aliphatic carbocycles. The number of aromatic nitrogens is 1. The molecule has 0 N–H and O–H groups in total. The molecule has 0 spiro atoms. The van der Waals surface area contributed by atoms with Crippen LogP contribution in [0, 0.1) is 5.92 Å². The van der Waals surface area contributed by atoms with E-state index in [-0.39, 0.29) is 11.9 Å². The lowest BCUT2D eigenvalue weighted by molar-refractivity contribution is -0.131. The van der Waals surface area contributed by atoms with Crippen molar-refractivity contribution in [3.8, 4) is 28.3 Å². The van der Waals surface area contributed by atoms with Crippen molar-refractivity contribution in [1.82, 2.24) is 4.98 Å². The first-order chi connectivity index (χ1) is 16.7. The summed E-state index contributed by atoms with van der Waals surface area (Å²) in [5, 5.41) is 0. The van der Waals surface area contributed by atoms with Gasteiger partial charge in [0.1, 0.15) is 11.4 Å². The highest BCUT2D eigenvalue weighted by atomic mass is 16.5. The second-order valence-corrected chi connectivity index (χ2v) is 8.66. The summed E-state index contributed by atoms with van der Waals surface area (Å²) in [6.07, 6.45) is 6.33. The van der Waals surface area contributed by atoms with Gasteiger partial charge in [-0.3, -0.25) is 4.79 Å². The number of ether oxygens (including phenoxy) is 1. The van der Waals surface area contributed by atoms with E-state index in [9.17, 15) is 4.79 Å². The third-order valence-electron chi connectivity index (χ3n) is 6.16. The molecule has 4 aromatic rings. The summed E-state index contributed by atoms with van der Waals surface area (Å²) in [4.78, 5) is 16.4. The van der Waals surface area contributed by atoms with Crippen molar-refractivity contribution in [1.29, 1.82) is 0 Å². The molecular weight excluding hydrogens is 422 g/mol. The number of carbonyl (C=O) groups excluding carboxylic acids is 1. The van der Waals surface area contributed by atoms with E-state index in [0.717, 1.165) is 59.4 Å². The van der Waals surface area contributed by atoms with E-state index in [2.05, 4.69) is 36.4 Å². The van der Waals surface area contributed by atoms with Crippen molar-refractivity contribution in [2.24, 2.45) is 5.92 Å². The maximum atomic E-state index is 11.4. The fraction of sp³-hybridized carbons (Fsp3) is 0.200. The van der Waals surface area contributed by atoms with Gasteiger partial charge >= 0.3 is 5.97 Å². The van der Waals surface area contributed by atoms with Gasteiger partial charge in [-0.05, 0) is 49.3 Å². The molecule has 0 bridgehead atoms. The summed E-state index contributed by atoms with van der Waals surface area (Å²) in [6, 6.07) is 28.2. The van der Waals surface area contributed by atoms with Gasteiger partial charge in [0.2, 0.25) is 5.89 Å². The number of carbonyl (C=O) groups is 1. The van der Waals surface area contributed by atoms with Crippen LogP contribution in [0.2, 0.25) is 0 Å². The van der Waals surface area contributed by atoms with Crippen LogP contribution in [0.5, 0.6) is 5.75 Å². The number of hydrogen-bond donors (Lipinski definition) is 0. The molecule has 3 aromatic carbocycles. The van der Waals surface area contributed by atoms with E-state index in [4.69, 9.17) is 14.1 Å². The van der Waals surface area contributed by atoms with Crippen LogP contribution in [0.3, 0.4) is 0 Å². The minimum Gasteiger partial charge on any atom is -0.436 e. The summed E-state index contributed by atoms with van der Waals surface area (Å²) < 4.78 is 11.8. The third kappa shape index (κ3) is 4.86. The number of oxazole rings is 1. The Kier molecular flexibility index (Phi) is 6.39. The maximum absolute atomic E-state index is 11.4. The molecule has 4 nitrogen and oxygen atoms in total. The van der Waals surface area contributed by atoms with Crippen molar-refractivity contribution in [3.63, 3.8) is 0 Å². The van der Waals surface area contributed by atoms with Crippen LogP contribution in [0.4, 0.5) is 0 Å². The van der Waals surface area contributed by atoms with Gasteiger partial charge in [-0.2, -0.15) is 0 Å². The standard InChI is InChI=1S/C30H27NO3/c1-21(32)33-26-17-10-11-22(20-26)19-25-16-8-9-18-27(25)30-31-28(23-12-4-2-5-13-23)29(34-30)24-14-6-3-7-15-24/h2-7,10-15,17-18,20,25H,8-9,16,19H2,1H3/t25-/m0/s1. The maximum Gasteiger partial charge on any atom is 0.308 e. The lowest BCUT2D eigenvalue weighted by atomic mass is 9.83. The molecule has 1 heterocycles. The molecule has 170 valence electrons. The summed E-state index contributed by atoms with van der Waals surface area (Å²) in [5.41, 5.74) is 5.21. The quantitative estimate of drug-likeness (QED) is 0.228.